The summed E-state index contributed by atoms with van der Waals surface area (Å²) in [6.45, 7) is 11.0. The third-order valence-corrected chi connectivity index (χ3v) is 5.13. The first kappa shape index (κ1) is 18.9. The van der Waals surface area contributed by atoms with Crippen molar-refractivity contribution >= 4 is 11.8 Å². The molecule has 2 N–H and O–H groups in total. The Hall–Kier alpha value is -1.14. The first-order valence-electron chi connectivity index (χ1n) is 7.84. The number of likely N-dealkylation sites (tertiary alicyclic amines) is 1. The SMILES string of the molecule is CC(C)C(C)(O)C(=O)N1CC(N(C)C(=O)C(C)(O)C(C)C)C1. The summed E-state index contributed by atoms with van der Waals surface area (Å²) in [5, 5.41) is 20.5. The van der Waals surface area contributed by atoms with Crippen LogP contribution in [0.4, 0.5) is 0 Å². The van der Waals surface area contributed by atoms with Gasteiger partial charge >= 0.3 is 0 Å². The molecule has 1 saturated heterocycles. The maximum atomic E-state index is 12.3. The lowest BCUT2D eigenvalue weighted by Gasteiger charge is -2.48. The van der Waals surface area contributed by atoms with E-state index in [0.29, 0.717) is 13.1 Å². The van der Waals surface area contributed by atoms with Crippen molar-refractivity contribution in [2.24, 2.45) is 11.8 Å². The van der Waals surface area contributed by atoms with Gasteiger partial charge in [-0.25, -0.2) is 0 Å². The molecule has 1 rings (SSSR count). The highest BCUT2D eigenvalue weighted by molar-refractivity contribution is 5.87. The third-order valence-electron chi connectivity index (χ3n) is 5.13. The van der Waals surface area contributed by atoms with Gasteiger partial charge in [0.1, 0.15) is 11.2 Å². The Balaban J connectivity index is 2.65. The standard InChI is InChI=1S/C16H30N2O4/c1-10(2)15(5,21)13(19)17(7)12-8-18(9-12)14(20)16(6,22)11(3)4/h10-12,21-22H,8-9H2,1-7H3. The molecular weight excluding hydrogens is 284 g/mol. The van der Waals surface area contributed by atoms with Crippen molar-refractivity contribution in [2.45, 2.75) is 58.8 Å². The van der Waals surface area contributed by atoms with E-state index in [1.165, 1.54) is 18.7 Å². The number of aliphatic hydroxyl groups is 2. The molecule has 1 heterocycles. The van der Waals surface area contributed by atoms with Crippen molar-refractivity contribution in [1.82, 2.24) is 9.80 Å². The normalized spacial score (nSPS) is 21.3. The highest BCUT2D eigenvalue weighted by Gasteiger charge is 2.46. The van der Waals surface area contributed by atoms with Gasteiger partial charge in [0.05, 0.1) is 6.04 Å². The lowest BCUT2D eigenvalue weighted by Crippen LogP contribution is -2.67. The molecule has 128 valence electrons. The number of carbonyl (C=O) groups is 2. The van der Waals surface area contributed by atoms with E-state index in [1.807, 2.05) is 0 Å². The van der Waals surface area contributed by atoms with Crippen LogP contribution in [0.2, 0.25) is 0 Å². The van der Waals surface area contributed by atoms with Gasteiger partial charge in [0, 0.05) is 20.1 Å². The summed E-state index contributed by atoms with van der Waals surface area (Å²) in [5.74, 6) is -1.02. The summed E-state index contributed by atoms with van der Waals surface area (Å²) in [4.78, 5) is 27.7. The van der Waals surface area contributed by atoms with Crippen molar-refractivity contribution in [3.8, 4) is 0 Å². The molecule has 22 heavy (non-hydrogen) atoms. The van der Waals surface area contributed by atoms with Crippen molar-refractivity contribution in [3.63, 3.8) is 0 Å². The Bertz CT molecular complexity index is 437. The van der Waals surface area contributed by atoms with Crippen molar-refractivity contribution in [2.75, 3.05) is 20.1 Å². The van der Waals surface area contributed by atoms with E-state index >= 15 is 0 Å². The lowest BCUT2D eigenvalue weighted by atomic mass is 9.88. The minimum absolute atomic E-state index is 0.121. The van der Waals surface area contributed by atoms with Crippen molar-refractivity contribution in [1.29, 1.82) is 0 Å². The molecule has 0 bridgehead atoms. The molecule has 1 fully saturated rings. The van der Waals surface area contributed by atoms with E-state index < -0.39 is 11.2 Å². The van der Waals surface area contributed by atoms with Crippen LogP contribution in [0.1, 0.15) is 41.5 Å². The number of likely N-dealkylation sites (N-methyl/N-ethyl adjacent to an activating group) is 1. The maximum absolute atomic E-state index is 12.3. The molecule has 1 aliphatic rings. The number of rotatable bonds is 5. The van der Waals surface area contributed by atoms with Gasteiger partial charge in [-0.3, -0.25) is 9.59 Å². The van der Waals surface area contributed by atoms with Crippen LogP contribution in [0.3, 0.4) is 0 Å². The molecule has 0 aromatic carbocycles. The molecule has 1 aliphatic heterocycles. The molecule has 0 aromatic rings. The van der Waals surface area contributed by atoms with E-state index in [-0.39, 0.29) is 29.7 Å². The first-order chi connectivity index (χ1) is 9.83. The highest BCUT2D eigenvalue weighted by Crippen LogP contribution is 2.26. The van der Waals surface area contributed by atoms with Crippen molar-refractivity contribution in [3.05, 3.63) is 0 Å². The van der Waals surface area contributed by atoms with Gasteiger partial charge < -0.3 is 20.0 Å². The molecule has 6 heteroatoms. The third kappa shape index (κ3) is 3.27. The van der Waals surface area contributed by atoms with Gasteiger partial charge in [-0.05, 0) is 25.7 Å². The van der Waals surface area contributed by atoms with Crippen LogP contribution in [-0.2, 0) is 9.59 Å². The molecule has 0 aromatic heterocycles. The molecule has 0 radical (unpaired) electrons. The van der Waals surface area contributed by atoms with Crippen LogP contribution in [0, 0.1) is 11.8 Å². The second-order valence-electron chi connectivity index (χ2n) is 7.38. The minimum atomic E-state index is -1.41. The van der Waals surface area contributed by atoms with Crippen LogP contribution in [0.25, 0.3) is 0 Å². The minimum Gasteiger partial charge on any atom is -0.380 e. The fourth-order valence-electron chi connectivity index (χ4n) is 2.20. The Morgan fingerprint density at radius 3 is 1.82 bits per heavy atom. The first-order valence-corrected chi connectivity index (χ1v) is 7.84. The van der Waals surface area contributed by atoms with Crippen LogP contribution in [-0.4, -0.2) is 69.2 Å². The van der Waals surface area contributed by atoms with E-state index in [2.05, 4.69) is 0 Å². The Morgan fingerprint density at radius 2 is 1.45 bits per heavy atom. The van der Waals surface area contributed by atoms with Gasteiger partial charge in [-0.2, -0.15) is 0 Å². The molecule has 2 amide bonds. The topological polar surface area (TPSA) is 81.1 Å². The number of carbonyl (C=O) groups excluding carboxylic acids is 2. The molecule has 0 saturated carbocycles. The predicted molar refractivity (Wildman–Crippen MR) is 84.1 cm³/mol. The maximum Gasteiger partial charge on any atom is 0.254 e. The van der Waals surface area contributed by atoms with E-state index in [4.69, 9.17) is 0 Å². The molecule has 2 atom stereocenters. The largest absolute Gasteiger partial charge is 0.380 e. The molecule has 0 spiro atoms. The number of amides is 2. The zero-order chi connectivity index (χ0) is 17.5. The second-order valence-corrected chi connectivity index (χ2v) is 7.38. The lowest BCUT2D eigenvalue weighted by molar-refractivity contribution is -0.168. The Morgan fingerprint density at radius 1 is 1.05 bits per heavy atom. The van der Waals surface area contributed by atoms with Gasteiger partial charge in [-0.1, -0.05) is 27.7 Å². The van der Waals surface area contributed by atoms with Gasteiger partial charge in [0.25, 0.3) is 11.8 Å². The fraction of sp³-hybridized carbons (Fsp3) is 0.875. The van der Waals surface area contributed by atoms with E-state index in [0.717, 1.165) is 0 Å². The molecule has 2 unspecified atom stereocenters. The summed E-state index contributed by atoms with van der Waals surface area (Å²) < 4.78 is 0. The van der Waals surface area contributed by atoms with E-state index in [9.17, 15) is 19.8 Å². The second kappa shape index (κ2) is 6.16. The smallest absolute Gasteiger partial charge is 0.254 e. The van der Waals surface area contributed by atoms with Crippen molar-refractivity contribution < 1.29 is 19.8 Å². The quantitative estimate of drug-likeness (QED) is 0.773. The van der Waals surface area contributed by atoms with Crippen LogP contribution >= 0.6 is 0 Å². The molecular formula is C16H30N2O4. The zero-order valence-corrected chi connectivity index (χ0v) is 14.8. The summed E-state index contributed by atoms with van der Waals surface area (Å²) in [7, 11) is 1.65. The summed E-state index contributed by atoms with van der Waals surface area (Å²) in [6.07, 6.45) is 0. The van der Waals surface area contributed by atoms with Gasteiger partial charge in [0.15, 0.2) is 0 Å². The molecule has 0 aliphatic carbocycles. The van der Waals surface area contributed by atoms with Gasteiger partial charge in [-0.15, -0.1) is 0 Å². The summed E-state index contributed by atoms with van der Waals surface area (Å²) in [5.41, 5.74) is -2.81. The average Bonchev–Trinajstić information content (AvgIpc) is 2.34. The average molecular weight is 314 g/mol. The number of hydrogen-bond donors (Lipinski definition) is 2. The monoisotopic (exact) mass is 314 g/mol. The van der Waals surface area contributed by atoms with Crippen LogP contribution in [0.15, 0.2) is 0 Å². The van der Waals surface area contributed by atoms with Gasteiger partial charge in [0.2, 0.25) is 0 Å². The zero-order valence-electron chi connectivity index (χ0n) is 14.8. The van der Waals surface area contributed by atoms with E-state index in [1.54, 1.807) is 39.6 Å². The summed E-state index contributed by atoms with van der Waals surface area (Å²) in [6, 6.07) is -0.121. The Kier molecular flexibility index (Phi) is 5.30. The van der Waals surface area contributed by atoms with Crippen LogP contribution in [0.5, 0.6) is 0 Å². The fourth-order valence-corrected chi connectivity index (χ4v) is 2.20. The van der Waals surface area contributed by atoms with Crippen LogP contribution < -0.4 is 0 Å². The summed E-state index contributed by atoms with van der Waals surface area (Å²) >= 11 is 0. The Labute approximate surface area is 133 Å². The number of hydrogen-bond acceptors (Lipinski definition) is 4. The number of nitrogens with zero attached hydrogens (tertiary/aromatic N) is 2. The molecule has 6 nitrogen and oxygen atoms in total. The highest BCUT2D eigenvalue weighted by atomic mass is 16.3. The predicted octanol–water partition coefficient (Wildman–Crippen LogP) is 0.470.